The second-order valence-corrected chi connectivity index (χ2v) is 5.48. The Hall–Kier alpha value is -2.04. The predicted octanol–water partition coefficient (Wildman–Crippen LogP) is 3.41. The van der Waals surface area contributed by atoms with Crippen LogP contribution in [0.15, 0.2) is 18.2 Å². The van der Waals surface area contributed by atoms with E-state index in [0.717, 1.165) is 16.8 Å². The summed E-state index contributed by atoms with van der Waals surface area (Å²) >= 11 is 0. The highest BCUT2D eigenvalue weighted by molar-refractivity contribution is 5.91. The summed E-state index contributed by atoms with van der Waals surface area (Å²) in [5, 5.41) is 11.6. The van der Waals surface area contributed by atoms with Crippen molar-refractivity contribution in [2.75, 3.05) is 11.9 Å². The number of nitrogens with zero attached hydrogens (tertiary/aromatic N) is 1. The molecule has 1 rings (SSSR count). The van der Waals surface area contributed by atoms with Crippen molar-refractivity contribution in [3.63, 3.8) is 0 Å². The SMILES string of the molecule is Cc1cccc(C)c1NC(=O)N(CCCC(=O)O)C(C)C. The molecule has 0 aliphatic heterocycles. The Balaban J connectivity index is 2.75. The zero-order chi connectivity index (χ0) is 16.0. The van der Waals surface area contributed by atoms with Crippen LogP contribution in [0.25, 0.3) is 0 Å². The molecule has 0 aliphatic carbocycles. The highest BCUT2D eigenvalue weighted by Gasteiger charge is 2.18. The molecule has 0 aliphatic rings. The fourth-order valence-electron chi connectivity index (χ4n) is 2.19. The van der Waals surface area contributed by atoms with Gasteiger partial charge in [-0.3, -0.25) is 4.79 Å². The molecule has 0 atom stereocenters. The van der Waals surface area contributed by atoms with Crippen LogP contribution in [0.1, 0.15) is 37.8 Å². The average Bonchev–Trinajstić information content (AvgIpc) is 2.38. The minimum Gasteiger partial charge on any atom is -0.481 e. The van der Waals surface area contributed by atoms with Crippen LogP contribution < -0.4 is 5.32 Å². The number of carboxylic acid groups (broad SMARTS) is 1. The van der Waals surface area contributed by atoms with Gasteiger partial charge in [-0.1, -0.05) is 18.2 Å². The molecule has 0 spiro atoms. The second-order valence-electron chi connectivity index (χ2n) is 5.48. The summed E-state index contributed by atoms with van der Waals surface area (Å²) in [5.41, 5.74) is 2.85. The van der Waals surface area contributed by atoms with E-state index in [4.69, 9.17) is 5.11 Å². The molecule has 2 amide bonds. The topological polar surface area (TPSA) is 69.6 Å². The number of nitrogens with one attached hydrogen (secondary N) is 1. The van der Waals surface area contributed by atoms with E-state index < -0.39 is 5.97 Å². The van der Waals surface area contributed by atoms with Gasteiger partial charge in [0.15, 0.2) is 0 Å². The smallest absolute Gasteiger partial charge is 0.322 e. The largest absolute Gasteiger partial charge is 0.481 e. The zero-order valence-electron chi connectivity index (χ0n) is 13.1. The maximum Gasteiger partial charge on any atom is 0.322 e. The number of urea groups is 1. The number of carbonyl (C=O) groups is 2. The van der Waals surface area contributed by atoms with Crippen molar-refractivity contribution >= 4 is 17.7 Å². The molecule has 116 valence electrons. The van der Waals surface area contributed by atoms with E-state index in [1.165, 1.54) is 0 Å². The summed E-state index contributed by atoms with van der Waals surface area (Å²) < 4.78 is 0. The van der Waals surface area contributed by atoms with Gasteiger partial charge >= 0.3 is 12.0 Å². The minimum atomic E-state index is -0.839. The number of carbonyl (C=O) groups excluding carboxylic acids is 1. The van der Waals surface area contributed by atoms with Gasteiger partial charge in [-0.15, -0.1) is 0 Å². The van der Waals surface area contributed by atoms with Crippen LogP contribution in [0.3, 0.4) is 0 Å². The van der Waals surface area contributed by atoms with Crippen molar-refractivity contribution in [1.29, 1.82) is 0 Å². The highest BCUT2D eigenvalue weighted by atomic mass is 16.4. The monoisotopic (exact) mass is 292 g/mol. The maximum atomic E-state index is 12.4. The van der Waals surface area contributed by atoms with E-state index in [2.05, 4.69) is 5.32 Å². The first-order valence-electron chi connectivity index (χ1n) is 7.18. The van der Waals surface area contributed by atoms with Crippen molar-refractivity contribution in [2.45, 2.75) is 46.6 Å². The van der Waals surface area contributed by atoms with Crippen LogP contribution in [0.4, 0.5) is 10.5 Å². The number of para-hydroxylation sites is 1. The number of anilines is 1. The molecule has 0 unspecified atom stereocenters. The first kappa shape index (κ1) is 17.0. The van der Waals surface area contributed by atoms with E-state index in [-0.39, 0.29) is 18.5 Å². The third-order valence-corrected chi connectivity index (χ3v) is 3.39. The lowest BCUT2D eigenvalue weighted by atomic mass is 10.1. The molecular weight excluding hydrogens is 268 g/mol. The molecule has 1 aromatic rings. The molecule has 0 heterocycles. The molecule has 5 nitrogen and oxygen atoms in total. The Kier molecular flexibility index (Phi) is 6.21. The van der Waals surface area contributed by atoms with Gasteiger partial charge in [0.2, 0.25) is 0 Å². The highest BCUT2D eigenvalue weighted by Crippen LogP contribution is 2.20. The molecule has 0 aromatic heterocycles. The Morgan fingerprint density at radius 1 is 1.24 bits per heavy atom. The fraction of sp³-hybridized carbons (Fsp3) is 0.500. The third kappa shape index (κ3) is 5.10. The second kappa shape index (κ2) is 7.67. The minimum absolute atomic E-state index is 0.0168. The molecular formula is C16H24N2O3. The molecule has 1 aromatic carbocycles. The Morgan fingerprint density at radius 3 is 2.29 bits per heavy atom. The number of benzene rings is 1. The average molecular weight is 292 g/mol. The predicted molar refractivity (Wildman–Crippen MR) is 83.6 cm³/mol. The summed E-state index contributed by atoms with van der Waals surface area (Å²) in [5.74, 6) is -0.839. The van der Waals surface area contributed by atoms with E-state index in [0.29, 0.717) is 13.0 Å². The van der Waals surface area contributed by atoms with Gasteiger partial charge in [0.1, 0.15) is 0 Å². The molecule has 0 radical (unpaired) electrons. The van der Waals surface area contributed by atoms with Gasteiger partial charge in [0, 0.05) is 24.7 Å². The van der Waals surface area contributed by atoms with Gasteiger partial charge in [0.25, 0.3) is 0 Å². The van der Waals surface area contributed by atoms with Gasteiger partial charge in [-0.05, 0) is 45.2 Å². The van der Waals surface area contributed by atoms with Crippen molar-refractivity contribution < 1.29 is 14.7 Å². The molecule has 21 heavy (non-hydrogen) atoms. The van der Waals surface area contributed by atoms with E-state index >= 15 is 0 Å². The van der Waals surface area contributed by atoms with Crippen LogP contribution in [0.5, 0.6) is 0 Å². The van der Waals surface area contributed by atoms with Crippen molar-refractivity contribution in [2.24, 2.45) is 0 Å². The first-order chi connectivity index (χ1) is 9.82. The lowest BCUT2D eigenvalue weighted by Crippen LogP contribution is -2.41. The summed E-state index contributed by atoms with van der Waals surface area (Å²) in [7, 11) is 0. The first-order valence-corrected chi connectivity index (χ1v) is 7.18. The lowest BCUT2D eigenvalue weighted by Gasteiger charge is -2.27. The van der Waals surface area contributed by atoms with Crippen molar-refractivity contribution in [3.05, 3.63) is 29.3 Å². The van der Waals surface area contributed by atoms with Gasteiger partial charge < -0.3 is 15.3 Å². The normalized spacial score (nSPS) is 10.5. The summed E-state index contributed by atoms with van der Waals surface area (Å²) in [6.07, 6.45) is 0.521. The van der Waals surface area contributed by atoms with Crippen LogP contribution >= 0.6 is 0 Å². The molecule has 0 saturated heterocycles. The van der Waals surface area contributed by atoms with Gasteiger partial charge in [-0.25, -0.2) is 4.79 Å². The Morgan fingerprint density at radius 2 is 1.81 bits per heavy atom. The quantitative estimate of drug-likeness (QED) is 0.844. The molecule has 2 N–H and O–H groups in total. The number of amides is 2. The summed E-state index contributed by atoms with van der Waals surface area (Å²) in [6.45, 7) is 8.18. The van der Waals surface area contributed by atoms with Gasteiger partial charge in [0.05, 0.1) is 0 Å². The third-order valence-electron chi connectivity index (χ3n) is 3.39. The molecule has 0 saturated carbocycles. The van der Waals surface area contributed by atoms with Crippen molar-refractivity contribution in [1.82, 2.24) is 4.90 Å². The molecule has 0 bridgehead atoms. The van der Waals surface area contributed by atoms with E-state index in [9.17, 15) is 9.59 Å². The van der Waals surface area contributed by atoms with Crippen LogP contribution in [0.2, 0.25) is 0 Å². The number of hydrogen-bond donors (Lipinski definition) is 2. The fourth-order valence-corrected chi connectivity index (χ4v) is 2.19. The molecule has 5 heteroatoms. The number of aryl methyl sites for hydroxylation is 2. The summed E-state index contributed by atoms with van der Waals surface area (Å²) in [6, 6.07) is 5.68. The van der Waals surface area contributed by atoms with Crippen LogP contribution in [-0.2, 0) is 4.79 Å². The maximum absolute atomic E-state index is 12.4. The number of rotatable bonds is 6. The Bertz CT molecular complexity index is 492. The lowest BCUT2D eigenvalue weighted by molar-refractivity contribution is -0.137. The Labute approximate surface area is 126 Å². The van der Waals surface area contributed by atoms with E-state index in [1.807, 2.05) is 45.9 Å². The van der Waals surface area contributed by atoms with Crippen LogP contribution in [0, 0.1) is 13.8 Å². The number of carboxylic acids is 1. The zero-order valence-corrected chi connectivity index (χ0v) is 13.1. The molecule has 0 fully saturated rings. The number of aliphatic carboxylic acids is 1. The van der Waals surface area contributed by atoms with Crippen LogP contribution in [-0.4, -0.2) is 34.6 Å². The summed E-state index contributed by atoms with van der Waals surface area (Å²) in [4.78, 5) is 24.6. The standard InChI is InChI=1S/C16H24N2O3/c1-11(2)18(10-6-9-14(19)20)16(21)17-15-12(3)7-5-8-13(15)4/h5,7-8,11H,6,9-10H2,1-4H3,(H,17,21)(H,19,20). The number of hydrogen-bond acceptors (Lipinski definition) is 2. The van der Waals surface area contributed by atoms with Crippen molar-refractivity contribution in [3.8, 4) is 0 Å². The van der Waals surface area contributed by atoms with Gasteiger partial charge in [-0.2, -0.15) is 0 Å². The van der Waals surface area contributed by atoms with E-state index in [1.54, 1.807) is 4.90 Å².